The van der Waals surface area contributed by atoms with Gasteiger partial charge in [0.1, 0.15) is 5.76 Å². The normalized spacial score (nSPS) is 11.9. The van der Waals surface area contributed by atoms with Crippen LogP contribution in [0.3, 0.4) is 0 Å². The summed E-state index contributed by atoms with van der Waals surface area (Å²) in [7, 11) is 0. The molecular formula is C5H6OS3. The molecule has 50 valence electrons. The maximum Gasteiger partial charge on any atom is 0.156 e. The Balaban J connectivity index is 2.90. The third kappa shape index (κ3) is 1.88. The van der Waals surface area contributed by atoms with Crippen LogP contribution in [0, 0.1) is 0 Å². The Hall–Kier alpha value is 0.330. The van der Waals surface area contributed by atoms with Gasteiger partial charge < -0.3 is 4.42 Å². The molecule has 1 rings (SSSR count). The minimum atomic E-state index is -0.760. The van der Waals surface area contributed by atoms with Crippen molar-refractivity contribution in [1.82, 2.24) is 0 Å². The van der Waals surface area contributed by atoms with Crippen LogP contribution < -0.4 is 0 Å². The summed E-state index contributed by atoms with van der Waals surface area (Å²) in [5, 5.41) is 0. The van der Waals surface area contributed by atoms with Crippen molar-refractivity contribution < 1.29 is 4.42 Å². The van der Waals surface area contributed by atoms with Gasteiger partial charge in [-0.1, -0.05) is 0 Å². The third-order valence-electron chi connectivity index (χ3n) is 0.852. The van der Waals surface area contributed by atoms with Crippen molar-refractivity contribution in [3.05, 3.63) is 24.2 Å². The monoisotopic (exact) mass is 178 g/mol. The van der Waals surface area contributed by atoms with Gasteiger partial charge in [0.15, 0.2) is 3.41 Å². The minimum Gasteiger partial charge on any atom is -0.466 e. The smallest absolute Gasteiger partial charge is 0.156 e. The van der Waals surface area contributed by atoms with Crippen molar-refractivity contribution in [2.75, 3.05) is 0 Å². The summed E-state index contributed by atoms with van der Waals surface area (Å²) in [6.45, 7) is 0. The molecular weight excluding hydrogens is 172 g/mol. The van der Waals surface area contributed by atoms with E-state index in [0.717, 1.165) is 0 Å². The van der Waals surface area contributed by atoms with Crippen LogP contribution in [0.1, 0.15) is 5.76 Å². The van der Waals surface area contributed by atoms with Crippen molar-refractivity contribution in [3.63, 3.8) is 0 Å². The van der Waals surface area contributed by atoms with Gasteiger partial charge in [0.25, 0.3) is 0 Å². The molecule has 4 heteroatoms. The molecule has 1 heterocycles. The summed E-state index contributed by atoms with van der Waals surface area (Å²) in [6, 6.07) is 3.54. The van der Waals surface area contributed by atoms with Crippen molar-refractivity contribution in [3.8, 4) is 0 Å². The Labute approximate surface area is 70.1 Å². The van der Waals surface area contributed by atoms with Gasteiger partial charge in [0.05, 0.1) is 6.26 Å². The van der Waals surface area contributed by atoms with E-state index in [1.807, 2.05) is 0 Å². The fraction of sp³-hybridized carbons (Fsp3) is 0.200. The number of hydrogen-bond acceptors (Lipinski definition) is 4. The molecule has 0 atom stereocenters. The first-order valence-electron chi connectivity index (χ1n) is 2.32. The lowest BCUT2D eigenvalue weighted by Gasteiger charge is -2.09. The van der Waals surface area contributed by atoms with E-state index in [9.17, 15) is 0 Å². The summed E-state index contributed by atoms with van der Waals surface area (Å²) >= 11 is 12.1. The molecule has 9 heavy (non-hydrogen) atoms. The van der Waals surface area contributed by atoms with E-state index in [1.54, 1.807) is 18.4 Å². The molecule has 0 amide bonds. The van der Waals surface area contributed by atoms with Crippen LogP contribution in [-0.4, -0.2) is 0 Å². The highest BCUT2D eigenvalue weighted by Crippen LogP contribution is 2.36. The molecule has 0 aliphatic rings. The number of hydrogen-bond donors (Lipinski definition) is 3. The first-order valence-corrected chi connectivity index (χ1v) is 3.66. The molecule has 1 aromatic rings. The topological polar surface area (TPSA) is 13.1 Å². The molecule has 0 aliphatic carbocycles. The van der Waals surface area contributed by atoms with Gasteiger partial charge in [0.2, 0.25) is 0 Å². The second kappa shape index (κ2) is 2.52. The Bertz CT molecular complexity index is 175. The predicted molar refractivity (Wildman–Crippen MR) is 47.3 cm³/mol. The molecule has 0 saturated carbocycles. The first-order chi connectivity index (χ1) is 4.11. The summed E-state index contributed by atoms with van der Waals surface area (Å²) in [4.78, 5) is 0. The Morgan fingerprint density at radius 1 is 1.33 bits per heavy atom. The van der Waals surface area contributed by atoms with Gasteiger partial charge in [-0.25, -0.2) is 0 Å². The average molecular weight is 178 g/mol. The van der Waals surface area contributed by atoms with Gasteiger partial charge in [0, 0.05) is 0 Å². The maximum absolute atomic E-state index is 4.97. The Kier molecular flexibility index (Phi) is 2.08. The van der Waals surface area contributed by atoms with Crippen LogP contribution in [0.4, 0.5) is 0 Å². The molecule has 0 bridgehead atoms. The number of rotatable bonds is 1. The van der Waals surface area contributed by atoms with E-state index < -0.39 is 3.41 Å². The van der Waals surface area contributed by atoms with Gasteiger partial charge in [-0.3, -0.25) is 0 Å². The standard InChI is InChI=1S/C5H6OS3/c7-5(8,9)4-2-1-3-6-4/h1-3,7-9H. The molecule has 0 fully saturated rings. The molecule has 0 spiro atoms. The highest BCUT2D eigenvalue weighted by molar-refractivity contribution is 8.15. The largest absolute Gasteiger partial charge is 0.466 e. The molecule has 1 nitrogen and oxygen atoms in total. The van der Waals surface area contributed by atoms with E-state index in [-0.39, 0.29) is 0 Å². The lowest BCUT2D eigenvalue weighted by atomic mass is 10.5. The van der Waals surface area contributed by atoms with Crippen molar-refractivity contribution in [1.29, 1.82) is 0 Å². The zero-order valence-corrected chi connectivity index (χ0v) is 7.17. The van der Waals surface area contributed by atoms with E-state index in [4.69, 9.17) is 4.42 Å². The predicted octanol–water partition coefficient (Wildman–Crippen LogP) is 2.18. The zero-order chi connectivity index (χ0) is 6.91. The van der Waals surface area contributed by atoms with Gasteiger partial charge >= 0.3 is 0 Å². The van der Waals surface area contributed by atoms with Crippen LogP contribution in [0.2, 0.25) is 0 Å². The van der Waals surface area contributed by atoms with E-state index in [0.29, 0.717) is 5.76 Å². The molecule has 0 radical (unpaired) electrons. The van der Waals surface area contributed by atoms with E-state index in [1.165, 1.54) is 0 Å². The fourth-order valence-electron chi connectivity index (χ4n) is 0.469. The molecule has 1 aromatic heterocycles. The van der Waals surface area contributed by atoms with Gasteiger partial charge in [-0.05, 0) is 12.1 Å². The van der Waals surface area contributed by atoms with Crippen LogP contribution in [-0.2, 0) is 3.41 Å². The lowest BCUT2D eigenvalue weighted by molar-refractivity contribution is 0.524. The third-order valence-corrected chi connectivity index (χ3v) is 1.51. The lowest BCUT2D eigenvalue weighted by Crippen LogP contribution is -1.96. The van der Waals surface area contributed by atoms with E-state index in [2.05, 4.69) is 37.9 Å². The van der Waals surface area contributed by atoms with Gasteiger partial charge in [-0.2, -0.15) is 0 Å². The van der Waals surface area contributed by atoms with Crippen LogP contribution in [0.5, 0.6) is 0 Å². The molecule has 0 unspecified atom stereocenters. The minimum absolute atomic E-state index is 0.637. The summed E-state index contributed by atoms with van der Waals surface area (Å²) < 4.78 is 4.21. The van der Waals surface area contributed by atoms with Crippen LogP contribution >= 0.6 is 37.9 Å². The highest BCUT2D eigenvalue weighted by atomic mass is 32.2. The average Bonchev–Trinajstić information content (AvgIpc) is 2.08. The zero-order valence-electron chi connectivity index (χ0n) is 4.48. The van der Waals surface area contributed by atoms with Crippen LogP contribution in [0.25, 0.3) is 0 Å². The number of thiol groups is 3. The second-order valence-corrected chi connectivity index (χ2v) is 4.68. The molecule has 0 saturated heterocycles. The first kappa shape index (κ1) is 7.44. The summed E-state index contributed by atoms with van der Waals surface area (Å²) in [5.74, 6) is 0.637. The Morgan fingerprint density at radius 3 is 2.22 bits per heavy atom. The summed E-state index contributed by atoms with van der Waals surface area (Å²) in [6.07, 6.45) is 1.56. The number of furan rings is 1. The maximum atomic E-state index is 4.97. The van der Waals surface area contributed by atoms with Crippen LogP contribution in [0.15, 0.2) is 22.8 Å². The highest BCUT2D eigenvalue weighted by Gasteiger charge is 2.19. The van der Waals surface area contributed by atoms with E-state index >= 15 is 0 Å². The fourth-order valence-corrected chi connectivity index (χ4v) is 0.851. The molecule has 0 N–H and O–H groups in total. The quantitative estimate of drug-likeness (QED) is 0.443. The molecule has 0 aromatic carbocycles. The van der Waals surface area contributed by atoms with Crippen molar-refractivity contribution >= 4 is 37.9 Å². The SMILES string of the molecule is SC(S)(S)c1ccco1. The van der Waals surface area contributed by atoms with Crippen molar-refractivity contribution in [2.24, 2.45) is 0 Å². The van der Waals surface area contributed by atoms with Gasteiger partial charge in [-0.15, -0.1) is 37.9 Å². The Morgan fingerprint density at radius 2 is 2.00 bits per heavy atom. The molecule has 0 aliphatic heterocycles. The second-order valence-electron chi connectivity index (χ2n) is 1.61. The van der Waals surface area contributed by atoms with Crippen molar-refractivity contribution in [2.45, 2.75) is 3.41 Å². The summed E-state index contributed by atoms with van der Waals surface area (Å²) in [5.41, 5.74) is 0.